The fourth-order valence-electron chi connectivity index (χ4n) is 2.45. The summed E-state index contributed by atoms with van der Waals surface area (Å²) in [4.78, 5) is 0. The Morgan fingerprint density at radius 2 is 1.90 bits per heavy atom. The zero-order valence-electron chi connectivity index (χ0n) is 12.4. The molecule has 0 radical (unpaired) electrons. The van der Waals surface area contributed by atoms with Gasteiger partial charge in [0.05, 0.1) is 0 Å². The number of halogens is 1. The molecule has 106 valence electrons. The first-order chi connectivity index (χ1) is 9.60. The molecule has 1 N–H and O–H groups in total. The third-order valence-corrected chi connectivity index (χ3v) is 3.94. The molecule has 2 rings (SSSR count). The number of benzene rings is 2. The molecule has 0 amide bonds. The number of hydrogen-bond acceptors (Lipinski definition) is 1. The van der Waals surface area contributed by atoms with Crippen LogP contribution in [0.2, 0.25) is 5.02 Å². The van der Waals surface area contributed by atoms with Gasteiger partial charge in [-0.15, -0.1) is 0 Å². The van der Waals surface area contributed by atoms with Gasteiger partial charge in [-0.25, -0.2) is 0 Å². The molecule has 0 aliphatic rings. The fourth-order valence-corrected chi connectivity index (χ4v) is 2.64. The maximum atomic E-state index is 6.08. The van der Waals surface area contributed by atoms with Gasteiger partial charge in [0.25, 0.3) is 0 Å². The number of nitrogens with one attached hydrogen (secondary N) is 1. The topological polar surface area (TPSA) is 12.0 Å². The van der Waals surface area contributed by atoms with Crippen LogP contribution in [0.5, 0.6) is 0 Å². The van der Waals surface area contributed by atoms with Crippen molar-refractivity contribution in [1.29, 1.82) is 0 Å². The van der Waals surface area contributed by atoms with Gasteiger partial charge in [0, 0.05) is 17.6 Å². The zero-order valence-corrected chi connectivity index (χ0v) is 13.2. The van der Waals surface area contributed by atoms with Crippen LogP contribution in [0.1, 0.15) is 41.6 Å². The molecule has 0 fully saturated rings. The summed E-state index contributed by atoms with van der Waals surface area (Å²) in [6.07, 6.45) is 1.05. The molecule has 2 aromatic carbocycles. The monoisotopic (exact) mass is 287 g/mol. The van der Waals surface area contributed by atoms with Crippen molar-refractivity contribution in [2.24, 2.45) is 0 Å². The van der Waals surface area contributed by atoms with Gasteiger partial charge in [-0.05, 0) is 49.1 Å². The standard InChI is InChI=1S/C18H22ClN/c1-4-18(15-6-5-7-17(19)11-15)20-12-16-10-13(2)8-9-14(16)3/h5-11,18,20H,4,12H2,1-3H3. The Balaban J connectivity index is 2.09. The molecule has 0 bridgehead atoms. The average Bonchev–Trinajstić information content (AvgIpc) is 2.43. The van der Waals surface area contributed by atoms with E-state index in [1.54, 1.807) is 0 Å². The van der Waals surface area contributed by atoms with Gasteiger partial charge in [-0.1, -0.05) is 54.4 Å². The largest absolute Gasteiger partial charge is 0.306 e. The predicted octanol–water partition coefficient (Wildman–Crippen LogP) is 5.20. The average molecular weight is 288 g/mol. The Labute approximate surface area is 127 Å². The van der Waals surface area contributed by atoms with E-state index in [1.807, 2.05) is 18.2 Å². The predicted molar refractivity (Wildman–Crippen MR) is 87.2 cm³/mol. The van der Waals surface area contributed by atoms with Gasteiger partial charge < -0.3 is 5.32 Å². The summed E-state index contributed by atoms with van der Waals surface area (Å²) >= 11 is 6.08. The van der Waals surface area contributed by atoms with Crippen LogP contribution in [-0.4, -0.2) is 0 Å². The SMILES string of the molecule is CCC(NCc1cc(C)ccc1C)c1cccc(Cl)c1. The Morgan fingerprint density at radius 1 is 1.10 bits per heavy atom. The molecule has 2 aromatic rings. The molecule has 0 saturated heterocycles. The summed E-state index contributed by atoms with van der Waals surface area (Å²) in [5, 5.41) is 4.44. The van der Waals surface area contributed by atoms with Gasteiger partial charge in [-0.2, -0.15) is 0 Å². The third kappa shape index (κ3) is 3.84. The normalized spacial score (nSPS) is 12.4. The maximum Gasteiger partial charge on any atom is 0.0409 e. The summed E-state index contributed by atoms with van der Waals surface area (Å²) in [6, 6.07) is 15.1. The van der Waals surface area contributed by atoms with Crippen molar-refractivity contribution >= 4 is 11.6 Å². The van der Waals surface area contributed by atoms with Crippen molar-refractivity contribution in [3.05, 3.63) is 69.7 Å². The van der Waals surface area contributed by atoms with Crippen molar-refractivity contribution in [1.82, 2.24) is 5.32 Å². The van der Waals surface area contributed by atoms with Crippen LogP contribution in [0.4, 0.5) is 0 Å². The molecule has 20 heavy (non-hydrogen) atoms. The van der Waals surface area contributed by atoms with Gasteiger partial charge in [0.1, 0.15) is 0 Å². The lowest BCUT2D eigenvalue weighted by Gasteiger charge is -2.19. The highest BCUT2D eigenvalue weighted by atomic mass is 35.5. The molecular weight excluding hydrogens is 266 g/mol. The number of rotatable bonds is 5. The fraction of sp³-hybridized carbons (Fsp3) is 0.333. The first kappa shape index (κ1) is 15.1. The van der Waals surface area contributed by atoms with E-state index >= 15 is 0 Å². The summed E-state index contributed by atoms with van der Waals surface area (Å²) < 4.78 is 0. The summed E-state index contributed by atoms with van der Waals surface area (Å²) in [5.41, 5.74) is 5.27. The lowest BCUT2D eigenvalue weighted by Crippen LogP contribution is -2.20. The van der Waals surface area contributed by atoms with Gasteiger partial charge in [0.2, 0.25) is 0 Å². The Kier molecular flexibility index (Phi) is 5.22. The highest BCUT2D eigenvalue weighted by Crippen LogP contribution is 2.21. The molecule has 0 aliphatic heterocycles. The molecule has 0 spiro atoms. The molecule has 0 saturated carbocycles. The first-order valence-electron chi connectivity index (χ1n) is 7.15. The van der Waals surface area contributed by atoms with Crippen LogP contribution in [0.3, 0.4) is 0 Å². The van der Waals surface area contributed by atoms with Crippen molar-refractivity contribution in [2.75, 3.05) is 0 Å². The second-order valence-electron chi connectivity index (χ2n) is 5.33. The minimum absolute atomic E-state index is 0.341. The smallest absolute Gasteiger partial charge is 0.0409 e. The molecule has 1 unspecified atom stereocenters. The molecule has 1 nitrogen and oxygen atoms in total. The minimum Gasteiger partial charge on any atom is -0.306 e. The van der Waals surface area contributed by atoms with E-state index in [0.29, 0.717) is 6.04 Å². The molecule has 0 heterocycles. The lowest BCUT2D eigenvalue weighted by molar-refractivity contribution is 0.518. The van der Waals surface area contributed by atoms with E-state index in [2.05, 4.69) is 50.4 Å². The summed E-state index contributed by atoms with van der Waals surface area (Å²) in [7, 11) is 0. The Morgan fingerprint density at radius 3 is 2.60 bits per heavy atom. The van der Waals surface area contributed by atoms with Crippen LogP contribution >= 0.6 is 11.6 Å². The Hall–Kier alpha value is -1.31. The minimum atomic E-state index is 0.341. The van der Waals surface area contributed by atoms with Crippen LogP contribution in [0.25, 0.3) is 0 Å². The van der Waals surface area contributed by atoms with Crippen molar-refractivity contribution < 1.29 is 0 Å². The Bertz CT molecular complexity index is 577. The van der Waals surface area contributed by atoms with Crippen LogP contribution in [-0.2, 0) is 6.54 Å². The maximum absolute atomic E-state index is 6.08. The van der Waals surface area contributed by atoms with E-state index in [4.69, 9.17) is 11.6 Å². The molecule has 0 aromatic heterocycles. The summed E-state index contributed by atoms with van der Waals surface area (Å²) in [5.74, 6) is 0. The van der Waals surface area contributed by atoms with Gasteiger partial charge >= 0.3 is 0 Å². The third-order valence-electron chi connectivity index (χ3n) is 3.70. The quantitative estimate of drug-likeness (QED) is 0.797. The van der Waals surface area contributed by atoms with Crippen LogP contribution in [0, 0.1) is 13.8 Å². The molecule has 1 atom stereocenters. The summed E-state index contributed by atoms with van der Waals surface area (Å²) in [6.45, 7) is 7.38. The molecular formula is C18H22ClN. The van der Waals surface area contributed by atoms with Gasteiger partial charge in [-0.3, -0.25) is 0 Å². The van der Waals surface area contributed by atoms with E-state index < -0.39 is 0 Å². The van der Waals surface area contributed by atoms with Crippen LogP contribution in [0.15, 0.2) is 42.5 Å². The zero-order chi connectivity index (χ0) is 14.5. The van der Waals surface area contributed by atoms with E-state index in [0.717, 1.165) is 18.0 Å². The van der Waals surface area contributed by atoms with E-state index in [9.17, 15) is 0 Å². The van der Waals surface area contributed by atoms with Crippen LogP contribution < -0.4 is 5.32 Å². The first-order valence-corrected chi connectivity index (χ1v) is 7.53. The van der Waals surface area contributed by atoms with E-state index in [1.165, 1.54) is 22.3 Å². The molecule has 0 aliphatic carbocycles. The lowest BCUT2D eigenvalue weighted by atomic mass is 10.0. The van der Waals surface area contributed by atoms with Crippen molar-refractivity contribution in [3.63, 3.8) is 0 Å². The van der Waals surface area contributed by atoms with Crippen molar-refractivity contribution in [2.45, 2.75) is 39.8 Å². The highest BCUT2D eigenvalue weighted by Gasteiger charge is 2.09. The van der Waals surface area contributed by atoms with Gasteiger partial charge in [0.15, 0.2) is 0 Å². The highest BCUT2D eigenvalue weighted by molar-refractivity contribution is 6.30. The number of aryl methyl sites for hydroxylation is 2. The second-order valence-corrected chi connectivity index (χ2v) is 5.76. The molecule has 2 heteroatoms. The number of hydrogen-bond donors (Lipinski definition) is 1. The van der Waals surface area contributed by atoms with Crippen molar-refractivity contribution in [3.8, 4) is 0 Å². The second kappa shape index (κ2) is 6.92. The van der Waals surface area contributed by atoms with E-state index in [-0.39, 0.29) is 0 Å².